The van der Waals surface area contributed by atoms with E-state index in [1.54, 1.807) is 13.8 Å². The number of hydrazine groups is 1. The Bertz CT molecular complexity index is 888. The standard InChI is InChI=1S/C18H25F2N5O/c1-11-10-25(5-4-19)17-13(18(11)26)15(22-21)12(2)16(14(17)20)24-8-6-23(3)7-9-24/h10,22H,4-9,21H2,1-3H3. The van der Waals surface area contributed by atoms with Crippen LogP contribution >= 0.6 is 0 Å². The van der Waals surface area contributed by atoms with Crippen LogP contribution in [-0.4, -0.2) is 49.4 Å². The van der Waals surface area contributed by atoms with Crippen molar-refractivity contribution in [3.63, 3.8) is 0 Å². The lowest BCUT2D eigenvalue weighted by Gasteiger charge is -2.36. The summed E-state index contributed by atoms with van der Waals surface area (Å²) >= 11 is 0. The smallest absolute Gasteiger partial charge is 0.194 e. The quantitative estimate of drug-likeness (QED) is 0.639. The lowest BCUT2D eigenvalue weighted by molar-refractivity contribution is 0.311. The molecule has 1 aliphatic heterocycles. The van der Waals surface area contributed by atoms with Crippen molar-refractivity contribution < 1.29 is 8.78 Å². The molecule has 0 unspecified atom stereocenters. The largest absolute Gasteiger partial charge is 0.366 e. The number of nitrogens with one attached hydrogen (secondary N) is 1. The van der Waals surface area contributed by atoms with Gasteiger partial charge in [0.15, 0.2) is 11.2 Å². The maximum atomic E-state index is 15.6. The molecular formula is C18H25F2N5O. The predicted octanol–water partition coefficient (Wildman–Crippen LogP) is 1.76. The molecule has 0 radical (unpaired) electrons. The van der Waals surface area contributed by atoms with Gasteiger partial charge in [0.05, 0.1) is 28.8 Å². The van der Waals surface area contributed by atoms with Crippen molar-refractivity contribution in [1.29, 1.82) is 0 Å². The Hall–Kier alpha value is -2.19. The second-order valence-electron chi connectivity index (χ2n) is 6.84. The first-order valence-corrected chi connectivity index (χ1v) is 8.72. The molecule has 3 rings (SSSR count). The third-order valence-corrected chi connectivity index (χ3v) is 5.14. The van der Waals surface area contributed by atoms with Crippen LogP contribution < -0.4 is 21.6 Å². The Morgan fingerprint density at radius 3 is 2.46 bits per heavy atom. The number of hydrogen-bond donors (Lipinski definition) is 2. The van der Waals surface area contributed by atoms with Gasteiger partial charge in [-0.25, -0.2) is 8.78 Å². The SMILES string of the molecule is Cc1c(N2CCN(C)CC2)c(F)c2c(c1NN)c(=O)c(C)cn2CCF. The topological polar surface area (TPSA) is 66.5 Å². The van der Waals surface area contributed by atoms with E-state index < -0.39 is 12.5 Å². The molecule has 1 aromatic heterocycles. The van der Waals surface area contributed by atoms with Gasteiger partial charge in [-0.05, 0) is 20.9 Å². The molecule has 0 amide bonds. The fourth-order valence-electron chi connectivity index (χ4n) is 3.71. The van der Waals surface area contributed by atoms with Gasteiger partial charge in [0, 0.05) is 43.5 Å². The van der Waals surface area contributed by atoms with Crippen molar-refractivity contribution in [2.75, 3.05) is 50.2 Å². The molecular weight excluding hydrogens is 340 g/mol. The number of piperazine rings is 1. The number of pyridine rings is 1. The van der Waals surface area contributed by atoms with Crippen LogP contribution in [0.3, 0.4) is 0 Å². The van der Waals surface area contributed by atoms with Gasteiger partial charge < -0.3 is 19.8 Å². The Labute approximate surface area is 151 Å². The molecule has 0 spiro atoms. The van der Waals surface area contributed by atoms with Crippen LogP contribution in [0.2, 0.25) is 0 Å². The first-order valence-electron chi connectivity index (χ1n) is 8.72. The highest BCUT2D eigenvalue weighted by Gasteiger charge is 2.26. The summed E-state index contributed by atoms with van der Waals surface area (Å²) in [5, 5.41) is 0.175. The molecule has 0 bridgehead atoms. The minimum absolute atomic E-state index is 0.0240. The molecule has 0 aliphatic carbocycles. The molecule has 1 aromatic carbocycles. The molecule has 0 saturated carbocycles. The highest BCUT2D eigenvalue weighted by molar-refractivity contribution is 5.98. The normalized spacial score (nSPS) is 15.7. The van der Waals surface area contributed by atoms with Gasteiger partial charge >= 0.3 is 0 Å². The molecule has 1 aliphatic rings. The summed E-state index contributed by atoms with van der Waals surface area (Å²) in [6, 6.07) is 0. The van der Waals surface area contributed by atoms with Gasteiger partial charge in [0.1, 0.15) is 6.67 Å². The Balaban J connectivity index is 2.35. The van der Waals surface area contributed by atoms with Crippen LogP contribution in [0.15, 0.2) is 11.0 Å². The molecule has 142 valence electrons. The molecule has 8 heteroatoms. The zero-order valence-corrected chi connectivity index (χ0v) is 15.4. The van der Waals surface area contributed by atoms with E-state index in [4.69, 9.17) is 5.84 Å². The van der Waals surface area contributed by atoms with Crippen molar-refractivity contribution in [2.45, 2.75) is 20.4 Å². The van der Waals surface area contributed by atoms with Crippen LogP contribution in [0, 0.1) is 19.7 Å². The van der Waals surface area contributed by atoms with Crippen molar-refractivity contribution in [3.8, 4) is 0 Å². The first-order chi connectivity index (χ1) is 12.4. The zero-order valence-electron chi connectivity index (χ0n) is 15.4. The van der Waals surface area contributed by atoms with E-state index in [-0.39, 0.29) is 22.9 Å². The number of nitrogens with two attached hydrogens (primary N) is 1. The van der Waals surface area contributed by atoms with E-state index in [1.807, 2.05) is 11.9 Å². The molecule has 26 heavy (non-hydrogen) atoms. The summed E-state index contributed by atoms with van der Waals surface area (Å²) < 4.78 is 30.1. The van der Waals surface area contributed by atoms with Gasteiger partial charge in [0.25, 0.3) is 0 Å². The van der Waals surface area contributed by atoms with Crippen molar-refractivity contribution in [1.82, 2.24) is 9.47 Å². The molecule has 2 aromatic rings. The zero-order chi connectivity index (χ0) is 19.0. The van der Waals surface area contributed by atoms with Gasteiger partial charge in [-0.1, -0.05) is 0 Å². The second-order valence-corrected chi connectivity index (χ2v) is 6.84. The van der Waals surface area contributed by atoms with E-state index in [0.29, 0.717) is 35.6 Å². The van der Waals surface area contributed by atoms with E-state index in [9.17, 15) is 9.18 Å². The number of halogens is 2. The molecule has 6 nitrogen and oxygen atoms in total. The van der Waals surface area contributed by atoms with Gasteiger partial charge in [-0.2, -0.15) is 0 Å². The average molecular weight is 365 g/mol. The van der Waals surface area contributed by atoms with Crippen molar-refractivity contribution in [3.05, 3.63) is 33.4 Å². The number of fused-ring (bicyclic) bond motifs is 1. The molecule has 1 saturated heterocycles. The summed E-state index contributed by atoms with van der Waals surface area (Å²) in [6.07, 6.45) is 1.51. The fourth-order valence-corrected chi connectivity index (χ4v) is 3.71. The second kappa shape index (κ2) is 7.20. The highest BCUT2D eigenvalue weighted by atomic mass is 19.1. The van der Waals surface area contributed by atoms with E-state index >= 15 is 4.39 Å². The number of anilines is 2. The minimum atomic E-state index is -0.653. The summed E-state index contributed by atoms with van der Waals surface area (Å²) in [7, 11) is 2.02. The minimum Gasteiger partial charge on any atom is -0.366 e. The molecule has 1 fully saturated rings. The number of alkyl halides is 1. The number of nitrogens with zero attached hydrogens (tertiary/aromatic N) is 3. The van der Waals surface area contributed by atoms with Crippen molar-refractivity contribution in [2.24, 2.45) is 5.84 Å². The fraction of sp³-hybridized carbons (Fsp3) is 0.500. The summed E-state index contributed by atoms with van der Waals surface area (Å²) in [4.78, 5) is 16.9. The summed E-state index contributed by atoms with van der Waals surface area (Å²) in [5.41, 5.74) is 4.23. The van der Waals surface area contributed by atoms with Crippen molar-refractivity contribution >= 4 is 22.3 Å². The van der Waals surface area contributed by atoms with Gasteiger partial charge in [0.2, 0.25) is 0 Å². The van der Waals surface area contributed by atoms with Gasteiger partial charge in [-0.15, -0.1) is 0 Å². The van der Waals surface area contributed by atoms with Gasteiger partial charge in [-0.3, -0.25) is 10.6 Å². The monoisotopic (exact) mass is 365 g/mol. The van der Waals surface area contributed by atoms with Crippen LogP contribution in [0.1, 0.15) is 11.1 Å². The summed E-state index contributed by atoms with van der Waals surface area (Å²) in [5.74, 6) is 5.22. The van der Waals surface area contributed by atoms with Crippen LogP contribution in [0.4, 0.5) is 20.2 Å². The lowest BCUT2D eigenvalue weighted by atomic mass is 10.0. The van der Waals surface area contributed by atoms with E-state index in [1.165, 1.54) is 10.8 Å². The number of benzene rings is 1. The third-order valence-electron chi connectivity index (χ3n) is 5.14. The number of likely N-dealkylation sites (N-methyl/N-ethyl adjacent to an activating group) is 1. The summed E-state index contributed by atoms with van der Waals surface area (Å²) in [6.45, 7) is 5.68. The Morgan fingerprint density at radius 2 is 1.88 bits per heavy atom. The number of rotatable bonds is 4. The van der Waals surface area contributed by atoms with E-state index in [2.05, 4.69) is 10.3 Å². The number of aryl methyl sites for hydroxylation is 2. The molecule has 3 N–H and O–H groups in total. The van der Waals surface area contributed by atoms with Crippen LogP contribution in [0.5, 0.6) is 0 Å². The first kappa shape index (κ1) is 18.6. The maximum absolute atomic E-state index is 15.6. The number of hydrogen-bond acceptors (Lipinski definition) is 5. The molecule has 2 heterocycles. The Kier molecular flexibility index (Phi) is 5.15. The lowest BCUT2D eigenvalue weighted by Crippen LogP contribution is -2.45. The van der Waals surface area contributed by atoms with Crippen LogP contribution in [-0.2, 0) is 6.54 Å². The van der Waals surface area contributed by atoms with Crippen LogP contribution in [0.25, 0.3) is 10.9 Å². The Morgan fingerprint density at radius 1 is 1.23 bits per heavy atom. The highest BCUT2D eigenvalue weighted by Crippen LogP contribution is 2.37. The van der Waals surface area contributed by atoms with E-state index in [0.717, 1.165) is 13.1 Å². The predicted molar refractivity (Wildman–Crippen MR) is 101 cm³/mol. The third kappa shape index (κ3) is 2.93. The number of aromatic nitrogens is 1. The maximum Gasteiger partial charge on any atom is 0.194 e. The average Bonchev–Trinajstić information content (AvgIpc) is 2.61. The molecule has 0 atom stereocenters. The number of nitrogen functional groups attached to an aromatic ring is 1.